The van der Waals surface area contributed by atoms with Crippen molar-refractivity contribution in [1.82, 2.24) is 30.0 Å². The van der Waals surface area contributed by atoms with Crippen molar-refractivity contribution in [3.8, 4) is 11.4 Å². The van der Waals surface area contributed by atoms with Crippen LogP contribution in [0, 0.1) is 26.0 Å². The minimum atomic E-state index is -0.655. The van der Waals surface area contributed by atoms with Gasteiger partial charge in [0, 0.05) is 30.0 Å². The molecule has 0 bridgehead atoms. The quantitative estimate of drug-likeness (QED) is 0.155. The van der Waals surface area contributed by atoms with E-state index in [0.29, 0.717) is 16.4 Å². The number of hydrogen-bond donors (Lipinski definition) is 1. The molecule has 5 aromatic rings. The minimum Gasteiger partial charge on any atom is -0.399 e. The molecular formula is C22H15Cl3FN9O4. The lowest BCUT2D eigenvalue weighted by atomic mass is 10.3. The van der Waals surface area contributed by atoms with E-state index in [-0.39, 0.29) is 21.4 Å². The highest BCUT2D eigenvalue weighted by molar-refractivity contribution is 6.33. The number of nitrogens with two attached hydrogens (primary N) is 1. The highest BCUT2D eigenvalue weighted by Crippen LogP contribution is 2.24. The molecule has 39 heavy (non-hydrogen) atoms. The summed E-state index contributed by atoms with van der Waals surface area (Å²) in [6.45, 7) is 0. The second-order valence-electron chi connectivity index (χ2n) is 7.10. The molecule has 17 heteroatoms. The van der Waals surface area contributed by atoms with E-state index in [1.165, 1.54) is 40.2 Å². The Morgan fingerprint density at radius 1 is 0.667 bits per heavy atom. The summed E-state index contributed by atoms with van der Waals surface area (Å²) >= 11 is 17.1. The summed E-state index contributed by atoms with van der Waals surface area (Å²) in [5, 5.41) is 36.7. The Hall–Kier alpha value is -4.66. The van der Waals surface area contributed by atoms with Crippen molar-refractivity contribution < 1.29 is 14.2 Å². The van der Waals surface area contributed by atoms with Crippen molar-refractivity contribution in [2.45, 2.75) is 0 Å². The van der Waals surface area contributed by atoms with Crippen LogP contribution >= 0.6 is 34.8 Å². The standard InChI is InChI=1S/C8H5ClN4O2.C8H7ClN4.C6H3ClFNO2/c9-7-5-6(13(14)15)1-2-8(7)12-10-3-4-11-12;9-7-5-6(10)1-2-8(7)13-11-3-4-12-13;7-5-3-4(9(10)11)1-2-6(5)8/h1-5H;1-5H,10H2;1-3H. The van der Waals surface area contributed by atoms with Crippen LogP contribution in [0.5, 0.6) is 0 Å². The van der Waals surface area contributed by atoms with E-state index < -0.39 is 15.7 Å². The second kappa shape index (κ2) is 13.2. The summed E-state index contributed by atoms with van der Waals surface area (Å²) in [6.07, 6.45) is 6.18. The molecule has 200 valence electrons. The maximum Gasteiger partial charge on any atom is 0.271 e. The number of aromatic nitrogens is 6. The molecule has 0 atom stereocenters. The Bertz CT molecular complexity index is 1590. The van der Waals surface area contributed by atoms with Gasteiger partial charge < -0.3 is 5.73 Å². The zero-order chi connectivity index (χ0) is 28.5. The van der Waals surface area contributed by atoms with Gasteiger partial charge in [0.1, 0.15) is 17.2 Å². The average molecular weight is 595 g/mol. The number of hydrogen-bond acceptors (Lipinski definition) is 9. The van der Waals surface area contributed by atoms with E-state index in [4.69, 9.17) is 40.5 Å². The second-order valence-corrected chi connectivity index (χ2v) is 8.32. The Labute approximate surface area is 233 Å². The Morgan fingerprint density at radius 3 is 1.49 bits per heavy atom. The topological polar surface area (TPSA) is 174 Å². The van der Waals surface area contributed by atoms with E-state index in [1.54, 1.807) is 30.6 Å². The fraction of sp³-hybridized carbons (Fsp3) is 0. The van der Waals surface area contributed by atoms with Crippen molar-refractivity contribution in [1.29, 1.82) is 0 Å². The van der Waals surface area contributed by atoms with E-state index in [1.807, 2.05) is 0 Å². The van der Waals surface area contributed by atoms with Gasteiger partial charge in [-0.3, -0.25) is 20.2 Å². The van der Waals surface area contributed by atoms with Gasteiger partial charge in [-0.2, -0.15) is 30.0 Å². The smallest absolute Gasteiger partial charge is 0.271 e. The zero-order valence-corrected chi connectivity index (χ0v) is 21.6. The highest BCUT2D eigenvalue weighted by atomic mass is 35.5. The molecule has 0 saturated carbocycles. The van der Waals surface area contributed by atoms with Gasteiger partial charge in [0.15, 0.2) is 0 Å². The molecule has 3 aromatic carbocycles. The summed E-state index contributed by atoms with van der Waals surface area (Å²) in [5.41, 5.74) is 7.13. The van der Waals surface area contributed by atoms with Crippen LogP contribution in [0.1, 0.15) is 0 Å². The lowest BCUT2D eigenvalue weighted by Crippen LogP contribution is -1.99. The van der Waals surface area contributed by atoms with Crippen molar-refractivity contribution in [2.75, 3.05) is 5.73 Å². The first-order valence-corrected chi connectivity index (χ1v) is 11.5. The molecule has 2 N–H and O–H groups in total. The van der Waals surface area contributed by atoms with Crippen molar-refractivity contribution in [2.24, 2.45) is 0 Å². The Kier molecular flexibility index (Phi) is 9.80. The molecule has 0 radical (unpaired) electrons. The summed E-state index contributed by atoms with van der Waals surface area (Å²) in [6, 6.07) is 12.3. The maximum atomic E-state index is 12.4. The third kappa shape index (κ3) is 7.91. The van der Waals surface area contributed by atoms with Crippen LogP contribution in [-0.2, 0) is 0 Å². The Balaban J connectivity index is 0.000000164. The highest BCUT2D eigenvalue weighted by Gasteiger charge is 2.11. The number of nitrogen functional groups attached to an aromatic ring is 1. The largest absolute Gasteiger partial charge is 0.399 e. The maximum absolute atomic E-state index is 12.4. The van der Waals surface area contributed by atoms with Gasteiger partial charge in [-0.05, 0) is 30.3 Å². The molecule has 0 amide bonds. The molecule has 0 aliphatic carbocycles. The lowest BCUT2D eigenvalue weighted by molar-refractivity contribution is -0.385. The van der Waals surface area contributed by atoms with E-state index in [2.05, 4.69) is 20.4 Å². The van der Waals surface area contributed by atoms with Gasteiger partial charge in [0.05, 0.1) is 49.7 Å². The van der Waals surface area contributed by atoms with Crippen molar-refractivity contribution in [3.05, 3.63) is 120 Å². The number of rotatable bonds is 4. The van der Waals surface area contributed by atoms with Crippen LogP contribution in [0.2, 0.25) is 15.1 Å². The van der Waals surface area contributed by atoms with E-state index in [9.17, 15) is 24.6 Å². The predicted octanol–water partition coefficient (Wildman–Crippen LogP) is 5.72. The number of nitro benzene ring substituents is 2. The summed E-state index contributed by atoms with van der Waals surface area (Å²) in [5.74, 6) is -0.655. The van der Waals surface area contributed by atoms with Crippen LogP contribution < -0.4 is 5.73 Å². The zero-order valence-electron chi connectivity index (χ0n) is 19.3. The summed E-state index contributed by atoms with van der Waals surface area (Å²) < 4.78 is 12.4. The molecule has 0 fully saturated rings. The van der Waals surface area contributed by atoms with Gasteiger partial charge >= 0.3 is 0 Å². The fourth-order valence-corrected chi connectivity index (χ4v) is 3.43. The number of nitrogens with zero attached hydrogens (tertiary/aromatic N) is 8. The number of non-ortho nitro benzene ring substituents is 2. The average Bonchev–Trinajstić information content (AvgIpc) is 3.61. The first-order valence-electron chi connectivity index (χ1n) is 10.4. The summed E-state index contributed by atoms with van der Waals surface area (Å²) in [7, 11) is 0. The van der Waals surface area contributed by atoms with Gasteiger partial charge in [-0.15, -0.1) is 0 Å². The van der Waals surface area contributed by atoms with Crippen LogP contribution in [0.3, 0.4) is 0 Å². The third-order valence-electron chi connectivity index (χ3n) is 4.50. The van der Waals surface area contributed by atoms with E-state index >= 15 is 0 Å². The number of anilines is 1. The Morgan fingerprint density at radius 2 is 1.08 bits per heavy atom. The molecule has 2 aromatic heterocycles. The predicted molar refractivity (Wildman–Crippen MR) is 142 cm³/mol. The number of nitro groups is 2. The number of benzene rings is 3. The molecular weight excluding hydrogens is 580 g/mol. The van der Waals surface area contributed by atoms with Crippen molar-refractivity contribution >= 4 is 51.9 Å². The first-order chi connectivity index (χ1) is 18.6. The van der Waals surface area contributed by atoms with Gasteiger partial charge in [-0.1, -0.05) is 34.8 Å². The van der Waals surface area contributed by atoms with Crippen LogP contribution in [0.4, 0.5) is 21.5 Å². The summed E-state index contributed by atoms with van der Waals surface area (Å²) in [4.78, 5) is 22.2. The molecule has 2 heterocycles. The lowest BCUT2D eigenvalue weighted by Gasteiger charge is -2.02. The molecule has 0 spiro atoms. The van der Waals surface area contributed by atoms with E-state index in [0.717, 1.165) is 23.9 Å². The van der Waals surface area contributed by atoms with Crippen LogP contribution in [-0.4, -0.2) is 39.8 Å². The van der Waals surface area contributed by atoms with Gasteiger partial charge in [0.2, 0.25) is 0 Å². The van der Waals surface area contributed by atoms with Crippen LogP contribution in [0.15, 0.2) is 79.4 Å². The monoisotopic (exact) mass is 593 g/mol. The molecule has 0 saturated heterocycles. The molecule has 0 aliphatic heterocycles. The molecule has 0 aliphatic rings. The molecule has 13 nitrogen and oxygen atoms in total. The molecule has 5 rings (SSSR count). The normalized spacial score (nSPS) is 10.1. The first kappa shape index (κ1) is 28.9. The van der Waals surface area contributed by atoms with Crippen LogP contribution in [0.25, 0.3) is 11.4 Å². The van der Waals surface area contributed by atoms with Gasteiger partial charge in [-0.25, -0.2) is 4.39 Å². The van der Waals surface area contributed by atoms with Gasteiger partial charge in [0.25, 0.3) is 11.4 Å². The fourth-order valence-electron chi connectivity index (χ4n) is 2.74. The minimum absolute atomic E-state index is 0.0593. The SMILES string of the molecule is Nc1ccc(-n2nccn2)c(Cl)c1.O=[N+]([O-])c1ccc(-n2nccn2)c(Cl)c1.O=[N+]([O-])c1ccc(F)c(Cl)c1. The third-order valence-corrected chi connectivity index (χ3v) is 5.39. The van der Waals surface area contributed by atoms with Crippen molar-refractivity contribution in [3.63, 3.8) is 0 Å². The number of halogens is 4. The molecule has 0 unspecified atom stereocenters.